The highest BCUT2D eigenvalue weighted by molar-refractivity contribution is 8.00. The van der Waals surface area contributed by atoms with Crippen LogP contribution < -0.4 is 10.6 Å². The first-order valence-electron chi connectivity index (χ1n) is 14.0. The van der Waals surface area contributed by atoms with Gasteiger partial charge in [0.1, 0.15) is 17.6 Å². The Morgan fingerprint density at radius 1 is 1.04 bits per heavy atom. The number of amides is 3. The Hall–Kier alpha value is -4.10. The summed E-state index contributed by atoms with van der Waals surface area (Å²) in [5, 5.41) is 26.6. The molecule has 3 aromatic carbocycles. The lowest BCUT2D eigenvalue weighted by molar-refractivity contribution is -0.147. The van der Waals surface area contributed by atoms with Crippen molar-refractivity contribution >= 4 is 29.5 Å². The Balaban J connectivity index is 1.56. The molecular weight excluding hydrogens is 614 g/mol. The number of carbonyl (C=O) groups excluding carboxylic acids is 3. The maximum atomic E-state index is 14.6. The highest BCUT2D eigenvalue weighted by Gasteiger charge is 2.50. The number of nitrogens with zero attached hydrogens (tertiary/aromatic N) is 1. The summed E-state index contributed by atoms with van der Waals surface area (Å²) < 4.78 is 53.2. The standard InChI is InChI=1S/C32H33F4N3O5S/c1-18-21(12-8-14-24(18)40)28(42)38-23(15-19-9-5-4-6-10-19)26(41)30(44)39-17-45-31(2,3)27(39)29(43)37-16-20-11-7-13-22(25(20)33)32(34,35)36/h4-14,23,26-27,40-41H,15-17H2,1-3H3,(H,37,43)(H,38,42)/t23-,26-,27+/m0/s1. The van der Waals surface area contributed by atoms with Gasteiger partial charge in [0.05, 0.1) is 17.5 Å². The lowest BCUT2D eigenvalue weighted by atomic mass is 9.96. The van der Waals surface area contributed by atoms with Crippen LogP contribution in [0.2, 0.25) is 0 Å². The van der Waals surface area contributed by atoms with Crippen LogP contribution in [0.15, 0.2) is 66.7 Å². The first kappa shape index (κ1) is 33.8. The first-order valence-corrected chi connectivity index (χ1v) is 15.0. The molecule has 0 saturated carbocycles. The molecule has 8 nitrogen and oxygen atoms in total. The minimum absolute atomic E-state index is 0.00340. The molecule has 45 heavy (non-hydrogen) atoms. The second-order valence-electron chi connectivity index (χ2n) is 11.2. The van der Waals surface area contributed by atoms with E-state index in [-0.39, 0.29) is 29.2 Å². The number of aromatic hydroxyl groups is 1. The minimum Gasteiger partial charge on any atom is -0.508 e. The summed E-state index contributed by atoms with van der Waals surface area (Å²) >= 11 is 1.25. The van der Waals surface area contributed by atoms with E-state index in [1.165, 1.54) is 30.0 Å². The van der Waals surface area contributed by atoms with Crippen molar-refractivity contribution in [2.24, 2.45) is 0 Å². The number of hydrogen-bond acceptors (Lipinski definition) is 6. The monoisotopic (exact) mass is 647 g/mol. The molecule has 4 N–H and O–H groups in total. The predicted octanol–water partition coefficient (Wildman–Crippen LogP) is 4.56. The molecule has 3 aromatic rings. The van der Waals surface area contributed by atoms with Crippen molar-refractivity contribution in [3.05, 3.63) is 100 Å². The number of aliphatic hydroxyl groups is 1. The van der Waals surface area contributed by atoms with E-state index in [0.717, 1.165) is 17.0 Å². The number of nitrogens with one attached hydrogen (secondary N) is 2. The highest BCUT2D eigenvalue weighted by atomic mass is 32.2. The van der Waals surface area contributed by atoms with Crippen molar-refractivity contribution in [3.8, 4) is 5.75 Å². The van der Waals surface area contributed by atoms with Gasteiger partial charge < -0.3 is 25.7 Å². The largest absolute Gasteiger partial charge is 0.508 e. The summed E-state index contributed by atoms with van der Waals surface area (Å²) in [4.78, 5) is 41.6. The van der Waals surface area contributed by atoms with Gasteiger partial charge in [0.25, 0.3) is 11.8 Å². The Morgan fingerprint density at radius 3 is 2.38 bits per heavy atom. The van der Waals surface area contributed by atoms with Crippen molar-refractivity contribution in [1.82, 2.24) is 15.5 Å². The van der Waals surface area contributed by atoms with E-state index in [4.69, 9.17) is 0 Å². The molecule has 3 atom stereocenters. The Labute approximate surface area is 261 Å². The maximum Gasteiger partial charge on any atom is 0.419 e. The highest BCUT2D eigenvalue weighted by Crippen LogP contribution is 2.40. The Kier molecular flexibility index (Phi) is 10.1. The zero-order chi connectivity index (χ0) is 33.1. The predicted molar refractivity (Wildman–Crippen MR) is 161 cm³/mol. The number of carbonyl (C=O) groups is 3. The van der Waals surface area contributed by atoms with E-state index in [1.54, 1.807) is 51.1 Å². The van der Waals surface area contributed by atoms with Gasteiger partial charge in [-0.25, -0.2) is 4.39 Å². The van der Waals surface area contributed by atoms with Crippen LogP contribution in [0.25, 0.3) is 0 Å². The Morgan fingerprint density at radius 2 is 1.71 bits per heavy atom. The molecule has 1 heterocycles. The normalized spacial score (nSPS) is 17.4. The number of hydrogen-bond donors (Lipinski definition) is 4. The van der Waals surface area contributed by atoms with Crippen molar-refractivity contribution in [1.29, 1.82) is 0 Å². The van der Waals surface area contributed by atoms with Crippen molar-refractivity contribution in [3.63, 3.8) is 0 Å². The van der Waals surface area contributed by atoms with E-state index in [9.17, 15) is 42.2 Å². The topological polar surface area (TPSA) is 119 Å². The number of aliphatic hydroxyl groups excluding tert-OH is 1. The number of halogens is 4. The van der Waals surface area contributed by atoms with Gasteiger partial charge >= 0.3 is 6.18 Å². The van der Waals surface area contributed by atoms with Crippen LogP contribution in [-0.2, 0) is 28.7 Å². The van der Waals surface area contributed by atoms with Crippen LogP contribution >= 0.6 is 11.8 Å². The van der Waals surface area contributed by atoms with Crippen LogP contribution in [0.1, 0.15) is 46.5 Å². The fourth-order valence-electron chi connectivity index (χ4n) is 5.19. The lowest BCUT2D eigenvalue weighted by Gasteiger charge is -2.33. The van der Waals surface area contributed by atoms with Crippen molar-refractivity contribution in [2.75, 3.05) is 5.88 Å². The third-order valence-electron chi connectivity index (χ3n) is 7.71. The zero-order valence-corrected chi connectivity index (χ0v) is 25.5. The lowest BCUT2D eigenvalue weighted by Crippen LogP contribution is -2.58. The van der Waals surface area contributed by atoms with Gasteiger partial charge in [-0.3, -0.25) is 14.4 Å². The molecule has 1 aliphatic rings. The molecular formula is C32H33F4N3O5S. The number of phenolic OH excluding ortho intramolecular Hbond substituents is 1. The second kappa shape index (κ2) is 13.5. The fourth-order valence-corrected chi connectivity index (χ4v) is 6.33. The average molecular weight is 648 g/mol. The second-order valence-corrected chi connectivity index (χ2v) is 12.8. The van der Waals surface area contributed by atoms with Crippen molar-refractivity contribution < 1.29 is 42.2 Å². The van der Waals surface area contributed by atoms with Gasteiger partial charge in [-0.1, -0.05) is 48.5 Å². The van der Waals surface area contributed by atoms with Crippen LogP contribution in [0.4, 0.5) is 17.6 Å². The molecule has 13 heteroatoms. The van der Waals surface area contributed by atoms with Crippen LogP contribution in [0.5, 0.6) is 5.75 Å². The summed E-state index contributed by atoms with van der Waals surface area (Å²) in [6.45, 7) is 4.38. The van der Waals surface area contributed by atoms with E-state index < -0.39 is 64.8 Å². The van der Waals surface area contributed by atoms with Crippen LogP contribution in [0.3, 0.4) is 0 Å². The van der Waals surface area contributed by atoms with Gasteiger partial charge in [-0.15, -0.1) is 11.8 Å². The van der Waals surface area contributed by atoms with Gasteiger partial charge in [-0.05, 0) is 51.0 Å². The van der Waals surface area contributed by atoms with Gasteiger partial charge in [0.2, 0.25) is 5.91 Å². The molecule has 3 amide bonds. The summed E-state index contributed by atoms with van der Waals surface area (Å²) in [6.07, 6.45) is -6.68. The van der Waals surface area contributed by atoms with Crippen LogP contribution in [-0.4, -0.2) is 61.6 Å². The molecule has 0 spiro atoms. The van der Waals surface area contributed by atoms with Gasteiger partial charge in [0.15, 0.2) is 6.10 Å². The zero-order valence-electron chi connectivity index (χ0n) is 24.7. The van der Waals surface area contributed by atoms with E-state index in [2.05, 4.69) is 10.6 Å². The van der Waals surface area contributed by atoms with Crippen molar-refractivity contribution in [2.45, 2.75) is 62.8 Å². The molecule has 1 aliphatic heterocycles. The molecule has 240 valence electrons. The Bertz CT molecular complexity index is 1570. The molecule has 0 bridgehead atoms. The number of rotatable bonds is 9. The molecule has 4 rings (SSSR count). The minimum atomic E-state index is -4.92. The summed E-state index contributed by atoms with van der Waals surface area (Å²) in [5.74, 6) is -3.85. The quantitative estimate of drug-likeness (QED) is 0.253. The average Bonchev–Trinajstić information content (AvgIpc) is 3.31. The first-order chi connectivity index (χ1) is 21.1. The van der Waals surface area contributed by atoms with Gasteiger partial charge in [-0.2, -0.15) is 13.2 Å². The third kappa shape index (κ3) is 7.59. The third-order valence-corrected chi connectivity index (χ3v) is 9.09. The molecule has 0 unspecified atom stereocenters. The van der Waals surface area contributed by atoms with E-state index in [0.29, 0.717) is 17.2 Å². The SMILES string of the molecule is Cc1c(O)cccc1C(=O)N[C@@H](Cc1ccccc1)[C@H](O)C(=O)N1CSC(C)(C)[C@H]1C(=O)NCc1cccc(C(F)(F)F)c1F. The number of thioether (sulfide) groups is 1. The number of phenols is 1. The molecule has 0 radical (unpaired) electrons. The molecule has 0 aromatic heterocycles. The van der Waals surface area contributed by atoms with E-state index >= 15 is 0 Å². The molecule has 1 saturated heterocycles. The smallest absolute Gasteiger partial charge is 0.419 e. The summed E-state index contributed by atoms with van der Waals surface area (Å²) in [7, 11) is 0. The summed E-state index contributed by atoms with van der Waals surface area (Å²) in [5.41, 5.74) is -0.688. The summed E-state index contributed by atoms with van der Waals surface area (Å²) in [6, 6.07) is 13.7. The number of benzene rings is 3. The fraction of sp³-hybridized carbons (Fsp3) is 0.344. The molecule has 0 aliphatic carbocycles. The molecule has 1 fully saturated rings. The number of alkyl halides is 3. The maximum absolute atomic E-state index is 14.6. The van der Waals surface area contributed by atoms with Gasteiger partial charge in [0, 0.05) is 28.0 Å². The van der Waals surface area contributed by atoms with E-state index in [1.807, 2.05) is 0 Å². The van der Waals surface area contributed by atoms with Crippen LogP contribution in [0, 0.1) is 12.7 Å².